The zero-order valence-corrected chi connectivity index (χ0v) is 10.3. The Kier molecular flexibility index (Phi) is 8.32. The third kappa shape index (κ3) is 5.59. The third-order valence-electron chi connectivity index (χ3n) is 2.82. The molecular weight excluding hydrogens is 204 g/mol. The molecule has 0 aliphatic rings. The molecule has 4 heteroatoms. The summed E-state index contributed by atoms with van der Waals surface area (Å²) in [5, 5.41) is 0. The van der Waals surface area contributed by atoms with Crippen molar-refractivity contribution in [1.82, 2.24) is 0 Å². The van der Waals surface area contributed by atoms with Gasteiger partial charge in [0.05, 0.1) is 12.6 Å². The van der Waals surface area contributed by atoms with Crippen molar-refractivity contribution in [2.45, 2.75) is 46.1 Å². The van der Waals surface area contributed by atoms with Crippen LogP contribution in [-0.4, -0.2) is 24.7 Å². The lowest BCUT2D eigenvalue weighted by Crippen LogP contribution is -2.26. The maximum atomic E-state index is 10.4. The molecule has 4 nitrogen and oxygen atoms in total. The first kappa shape index (κ1) is 14.8. The average molecular weight is 224 g/mol. The number of hydrogen-bond acceptors (Lipinski definition) is 4. The van der Waals surface area contributed by atoms with Crippen molar-refractivity contribution in [3.63, 3.8) is 0 Å². The highest BCUT2D eigenvalue weighted by molar-refractivity contribution is 5.34. The molecule has 0 spiro atoms. The standard InChI is InChI=1S/C12H20N2O2/c1-4-5-6-10(2)12(14-9-16)11(3)7-13-8-15/h10-12H,4-7H2,1-3H3. The molecule has 0 aromatic carbocycles. The summed E-state index contributed by atoms with van der Waals surface area (Å²) in [6.07, 6.45) is 6.41. The van der Waals surface area contributed by atoms with Gasteiger partial charge in [0.1, 0.15) is 0 Å². The van der Waals surface area contributed by atoms with E-state index in [0.29, 0.717) is 12.5 Å². The maximum absolute atomic E-state index is 10.4. The SMILES string of the molecule is CCCCC(C)C(N=C=O)C(C)CN=C=O. The molecule has 0 N–H and O–H groups in total. The minimum absolute atomic E-state index is 0.0785. The van der Waals surface area contributed by atoms with Crippen LogP contribution >= 0.6 is 0 Å². The van der Waals surface area contributed by atoms with Crippen LogP contribution in [0.25, 0.3) is 0 Å². The number of hydrogen-bond donors (Lipinski definition) is 0. The Bertz CT molecular complexity index is 279. The van der Waals surface area contributed by atoms with Gasteiger partial charge in [0.25, 0.3) is 0 Å². The molecule has 0 rings (SSSR count). The van der Waals surface area contributed by atoms with Crippen LogP contribution in [0.2, 0.25) is 0 Å². The van der Waals surface area contributed by atoms with Gasteiger partial charge < -0.3 is 0 Å². The molecular formula is C12H20N2O2. The Morgan fingerprint density at radius 2 is 1.81 bits per heavy atom. The number of carbonyl (C=O) groups excluding carboxylic acids is 2. The number of unbranched alkanes of at least 4 members (excludes halogenated alkanes) is 1. The van der Waals surface area contributed by atoms with Crippen molar-refractivity contribution in [2.24, 2.45) is 21.8 Å². The molecule has 3 atom stereocenters. The molecule has 0 aliphatic carbocycles. The Balaban J connectivity index is 4.44. The van der Waals surface area contributed by atoms with Gasteiger partial charge in [0, 0.05) is 0 Å². The molecule has 3 unspecified atom stereocenters. The fraction of sp³-hybridized carbons (Fsp3) is 0.833. The molecule has 16 heavy (non-hydrogen) atoms. The van der Waals surface area contributed by atoms with Crippen LogP contribution in [-0.2, 0) is 9.59 Å². The second kappa shape index (κ2) is 9.02. The van der Waals surface area contributed by atoms with E-state index < -0.39 is 0 Å². The summed E-state index contributed by atoms with van der Waals surface area (Å²) in [7, 11) is 0. The van der Waals surface area contributed by atoms with Crippen LogP contribution in [0.5, 0.6) is 0 Å². The summed E-state index contributed by atoms with van der Waals surface area (Å²) >= 11 is 0. The highest BCUT2D eigenvalue weighted by Crippen LogP contribution is 2.21. The van der Waals surface area contributed by atoms with Crippen LogP contribution < -0.4 is 0 Å². The van der Waals surface area contributed by atoms with E-state index in [0.717, 1.165) is 19.3 Å². The highest BCUT2D eigenvalue weighted by atomic mass is 16.1. The monoisotopic (exact) mass is 224 g/mol. The van der Waals surface area contributed by atoms with E-state index in [4.69, 9.17) is 0 Å². The van der Waals surface area contributed by atoms with Gasteiger partial charge in [-0.3, -0.25) is 0 Å². The second-order valence-corrected chi connectivity index (χ2v) is 4.24. The van der Waals surface area contributed by atoms with Crippen molar-refractivity contribution < 1.29 is 9.59 Å². The van der Waals surface area contributed by atoms with Crippen molar-refractivity contribution in [3.8, 4) is 0 Å². The van der Waals surface area contributed by atoms with Crippen LogP contribution in [0.15, 0.2) is 9.98 Å². The molecule has 0 saturated carbocycles. The normalized spacial score (nSPS) is 15.4. The molecule has 0 aromatic heterocycles. The summed E-state index contributed by atoms with van der Waals surface area (Å²) in [6, 6.07) is -0.0962. The summed E-state index contributed by atoms with van der Waals surface area (Å²) in [4.78, 5) is 27.8. The largest absolute Gasteiger partial charge is 0.235 e. The van der Waals surface area contributed by atoms with E-state index in [1.54, 1.807) is 6.08 Å². The zero-order valence-electron chi connectivity index (χ0n) is 10.3. The van der Waals surface area contributed by atoms with Gasteiger partial charge >= 0.3 is 0 Å². The Morgan fingerprint density at radius 1 is 1.12 bits per heavy atom. The van der Waals surface area contributed by atoms with Crippen molar-refractivity contribution in [3.05, 3.63) is 0 Å². The summed E-state index contributed by atoms with van der Waals surface area (Å²) in [5.74, 6) is 0.396. The number of aliphatic imine (C=N–C) groups is 2. The fourth-order valence-corrected chi connectivity index (χ4v) is 1.86. The molecule has 0 saturated heterocycles. The first-order valence-electron chi connectivity index (χ1n) is 5.77. The highest BCUT2D eigenvalue weighted by Gasteiger charge is 2.22. The van der Waals surface area contributed by atoms with Crippen LogP contribution in [0, 0.1) is 11.8 Å². The van der Waals surface area contributed by atoms with Crippen molar-refractivity contribution >= 4 is 12.2 Å². The lowest BCUT2D eigenvalue weighted by Gasteiger charge is -2.23. The molecule has 0 aliphatic heterocycles. The average Bonchev–Trinajstić information content (AvgIpc) is 2.29. The lowest BCUT2D eigenvalue weighted by atomic mass is 9.87. The first-order valence-corrected chi connectivity index (χ1v) is 5.77. The fourth-order valence-electron chi connectivity index (χ4n) is 1.86. The van der Waals surface area contributed by atoms with Gasteiger partial charge in [0.2, 0.25) is 12.2 Å². The minimum atomic E-state index is -0.0962. The van der Waals surface area contributed by atoms with E-state index in [2.05, 4.69) is 23.8 Å². The van der Waals surface area contributed by atoms with Crippen LogP contribution in [0.1, 0.15) is 40.0 Å². The summed E-state index contributed by atoms with van der Waals surface area (Å²) in [6.45, 7) is 6.51. The van der Waals surface area contributed by atoms with Gasteiger partial charge in [-0.15, -0.1) is 0 Å². The van der Waals surface area contributed by atoms with E-state index in [-0.39, 0.29) is 12.0 Å². The quantitative estimate of drug-likeness (QED) is 0.469. The molecule has 0 radical (unpaired) electrons. The molecule has 0 aromatic rings. The first-order chi connectivity index (χ1) is 7.67. The van der Waals surface area contributed by atoms with Crippen molar-refractivity contribution in [2.75, 3.05) is 6.54 Å². The van der Waals surface area contributed by atoms with E-state index in [1.165, 1.54) is 6.08 Å². The van der Waals surface area contributed by atoms with Crippen LogP contribution in [0.3, 0.4) is 0 Å². The van der Waals surface area contributed by atoms with Crippen LogP contribution in [0.4, 0.5) is 0 Å². The van der Waals surface area contributed by atoms with Gasteiger partial charge in [-0.05, 0) is 18.3 Å². The number of rotatable bonds is 8. The van der Waals surface area contributed by atoms with Crippen molar-refractivity contribution in [1.29, 1.82) is 0 Å². The molecule has 0 amide bonds. The maximum Gasteiger partial charge on any atom is 0.235 e. The van der Waals surface area contributed by atoms with Gasteiger partial charge in [-0.2, -0.15) is 0 Å². The lowest BCUT2D eigenvalue weighted by molar-refractivity contribution is 0.329. The predicted octanol–water partition coefficient (Wildman–Crippen LogP) is 2.49. The minimum Gasteiger partial charge on any atom is -0.211 e. The molecule has 90 valence electrons. The Morgan fingerprint density at radius 3 is 2.31 bits per heavy atom. The summed E-state index contributed by atoms with van der Waals surface area (Å²) in [5.41, 5.74) is 0. The number of isocyanates is 2. The Hall–Kier alpha value is -1.24. The zero-order chi connectivity index (χ0) is 12.4. The topological polar surface area (TPSA) is 58.9 Å². The number of nitrogens with zero attached hydrogens (tertiary/aromatic N) is 2. The van der Waals surface area contributed by atoms with Gasteiger partial charge in [0.15, 0.2) is 0 Å². The van der Waals surface area contributed by atoms with E-state index >= 15 is 0 Å². The van der Waals surface area contributed by atoms with Gasteiger partial charge in [-0.25, -0.2) is 19.6 Å². The third-order valence-corrected chi connectivity index (χ3v) is 2.82. The Labute approximate surface area is 96.9 Å². The van der Waals surface area contributed by atoms with E-state index in [1.807, 2.05) is 6.92 Å². The molecule has 0 fully saturated rings. The molecule has 0 heterocycles. The predicted molar refractivity (Wildman–Crippen MR) is 62.8 cm³/mol. The van der Waals surface area contributed by atoms with E-state index in [9.17, 15) is 9.59 Å². The van der Waals surface area contributed by atoms with Gasteiger partial charge in [-0.1, -0.05) is 33.6 Å². The summed E-state index contributed by atoms with van der Waals surface area (Å²) < 4.78 is 0. The molecule has 0 bridgehead atoms. The smallest absolute Gasteiger partial charge is 0.211 e. The second-order valence-electron chi connectivity index (χ2n) is 4.24.